The number of ether oxygens (including phenoxy) is 2. The first kappa shape index (κ1) is 16.0. The molecular formula is C13H22N4O3S. The van der Waals surface area contributed by atoms with Gasteiger partial charge in [0.15, 0.2) is 5.13 Å². The number of methoxy groups -OCH3 is 2. The summed E-state index contributed by atoms with van der Waals surface area (Å²) in [6.07, 6.45) is 2.99. The number of nitrogen functional groups attached to an aromatic ring is 1. The molecule has 0 saturated heterocycles. The van der Waals surface area contributed by atoms with Crippen LogP contribution in [0.3, 0.4) is 0 Å². The van der Waals surface area contributed by atoms with Crippen molar-refractivity contribution in [1.29, 1.82) is 0 Å². The molecule has 2 atom stereocenters. The fraction of sp³-hybridized carbons (Fsp3) is 0.692. The molecule has 1 aliphatic carbocycles. The second-order valence-electron chi connectivity index (χ2n) is 4.99. The minimum absolute atomic E-state index is 0.147. The Balaban J connectivity index is 1.90. The van der Waals surface area contributed by atoms with E-state index >= 15 is 0 Å². The van der Waals surface area contributed by atoms with Crippen molar-refractivity contribution in [1.82, 2.24) is 10.3 Å². The molecule has 4 N–H and O–H groups in total. The van der Waals surface area contributed by atoms with E-state index in [0.29, 0.717) is 23.2 Å². The minimum atomic E-state index is -0.161. The summed E-state index contributed by atoms with van der Waals surface area (Å²) < 4.78 is 10.3. The highest BCUT2D eigenvalue weighted by atomic mass is 32.1. The lowest BCUT2D eigenvalue weighted by Crippen LogP contribution is -2.33. The van der Waals surface area contributed by atoms with Crippen LogP contribution in [0.4, 0.5) is 10.9 Å². The smallest absolute Gasteiger partial charge is 0.265 e. The minimum Gasteiger partial charge on any atom is -0.383 e. The summed E-state index contributed by atoms with van der Waals surface area (Å²) >= 11 is 1.26. The quantitative estimate of drug-likeness (QED) is 0.652. The topological polar surface area (TPSA) is 98.5 Å². The second-order valence-corrected chi connectivity index (χ2v) is 5.99. The predicted octanol–water partition coefficient (Wildman–Crippen LogP) is 1.08. The number of amides is 1. The molecule has 8 heteroatoms. The number of aromatic nitrogens is 1. The van der Waals surface area contributed by atoms with Gasteiger partial charge in [-0.25, -0.2) is 4.98 Å². The molecule has 1 aromatic rings. The summed E-state index contributed by atoms with van der Waals surface area (Å²) in [7, 11) is 3.33. The van der Waals surface area contributed by atoms with E-state index in [0.717, 1.165) is 19.3 Å². The zero-order valence-electron chi connectivity index (χ0n) is 12.3. The maximum atomic E-state index is 12.2. The fourth-order valence-electron chi connectivity index (χ4n) is 2.37. The van der Waals surface area contributed by atoms with Gasteiger partial charge in [0.25, 0.3) is 5.91 Å². The highest BCUT2D eigenvalue weighted by molar-refractivity contribution is 7.18. The highest BCUT2D eigenvalue weighted by Crippen LogP contribution is 2.26. The van der Waals surface area contributed by atoms with E-state index in [1.807, 2.05) is 0 Å². The van der Waals surface area contributed by atoms with E-state index in [9.17, 15) is 4.79 Å². The van der Waals surface area contributed by atoms with Crippen LogP contribution in [-0.2, 0) is 9.47 Å². The van der Waals surface area contributed by atoms with E-state index in [4.69, 9.17) is 15.2 Å². The average molecular weight is 314 g/mol. The van der Waals surface area contributed by atoms with Crippen molar-refractivity contribution in [3.8, 4) is 0 Å². The van der Waals surface area contributed by atoms with Crippen LogP contribution in [0.15, 0.2) is 0 Å². The highest BCUT2D eigenvalue weighted by Gasteiger charge is 2.27. The van der Waals surface area contributed by atoms with E-state index < -0.39 is 0 Å². The summed E-state index contributed by atoms with van der Waals surface area (Å²) in [4.78, 5) is 16.9. The molecule has 1 aliphatic rings. The first-order valence-corrected chi connectivity index (χ1v) is 7.78. The molecule has 1 saturated carbocycles. The molecular weight excluding hydrogens is 292 g/mol. The first-order chi connectivity index (χ1) is 10.1. The molecule has 0 aliphatic heterocycles. The third-order valence-corrected chi connectivity index (χ3v) is 4.52. The van der Waals surface area contributed by atoms with Crippen molar-refractivity contribution in [2.45, 2.75) is 31.4 Å². The lowest BCUT2D eigenvalue weighted by Gasteiger charge is -2.12. The van der Waals surface area contributed by atoms with Crippen molar-refractivity contribution in [2.24, 2.45) is 0 Å². The van der Waals surface area contributed by atoms with Crippen molar-refractivity contribution < 1.29 is 14.3 Å². The third kappa shape index (κ3) is 4.29. The summed E-state index contributed by atoms with van der Waals surface area (Å²) in [5.41, 5.74) is 5.82. The van der Waals surface area contributed by atoms with Gasteiger partial charge in [0.2, 0.25) is 0 Å². The van der Waals surface area contributed by atoms with Crippen LogP contribution in [0.2, 0.25) is 0 Å². The van der Waals surface area contributed by atoms with Crippen LogP contribution in [0, 0.1) is 0 Å². The number of hydrogen-bond acceptors (Lipinski definition) is 7. The number of anilines is 2. The second kappa shape index (κ2) is 7.58. The van der Waals surface area contributed by atoms with Gasteiger partial charge in [-0.05, 0) is 19.3 Å². The number of rotatable bonds is 7. The summed E-state index contributed by atoms with van der Waals surface area (Å²) in [5.74, 6) is 0.102. The monoisotopic (exact) mass is 314 g/mol. The van der Waals surface area contributed by atoms with Gasteiger partial charge in [0.05, 0.1) is 12.7 Å². The largest absolute Gasteiger partial charge is 0.383 e. The van der Waals surface area contributed by atoms with Gasteiger partial charge in [-0.2, -0.15) is 0 Å². The van der Waals surface area contributed by atoms with Crippen LogP contribution < -0.4 is 16.4 Å². The molecule has 2 rings (SSSR count). The van der Waals surface area contributed by atoms with Gasteiger partial charge in [-0.15, -0.1) is 0 Å². The Hall–Kier alpha value is -1.38. The third-order valence-electron chi connectivity index (χ3n) is 3.50. The predicted molar refractivity (Wildman–Crippen MR) is 82.8 cm³/mol. The molecule has 2 unspecified atom stereocenters. The molecule has 0 aromatic carbocycles. The zero-order chi connectivity index (χ0) is 15.2. The van der Waals surface area contributed by atoms with Crippen LogP contribution >= 0.6 is 11.3 Å². The molecule has 0 spiro atoms. The van der Waals surface area contributed by atoms with Crippen molar-refractivity contribution in [3.63, 3.8) is 0 Å². The van der Waals surface area contributed by atoms with E-state index in [1.165, 1.54) is 11.3 Å². The van der Waals surface area contributed by atoms with Crippen molar-refractivity contribution >= 4 is 28.2 Å². The average Bonchev–Trinajstić information content (AvgIpc) is 3.05. The number of nitrogens with one attached hydrogen (secondary N) is 2. The van der Waals surface area contributed by atoms with Gasteiger partial charge in [0, 0.05) is 26.8 Å². The van der Waals surface area contributed by atoms with Gasteiger partial charge in [-0.1, -0.05) is 11.3 Å². The van der Waals surface area contributed by atoms with E-state index in [-0.39, 0.29) is 23.9 Å². The fourth-order valence-corrected chi connectivity index (χ4v) is 3.18. The number of carbonyl (C=O) groups excluding carboxylic acids is 1. The number of hydrogen-bond donors (Lipinski definition) is 3. The number of nitrogens with two attached hydrogens (primary N) is 1. The Morgan fingerprint density at radius 2 is 2.29 bits per heavy atom. The molecule has 1 amide bonds. The molecule has 0 bridgehead atoms. The zero-order valence-corrected chi connectivity index (χ0v) is 13.2. The summed E-state index contributed by atoms with van der Waals surface area (Å²) in [6, 6.07) is 0.147. The Morgan fingerprint density at radius 1 is 1.48 bits per heavy atom. The number of nitrogens with zero attached hydrogens (tertiary/aromatic N) is 1. The molecule has 7 nitrogen and oxygen atoms in total. The van der Waals surface area contributed by atoms with Crippen LogP contribution in [0.1, 0.15) is 28.9 Å². The normalized spacial score (nSPS) is 21.4. The maximum absolute atomic E-state index is 12.2. The van der Waals surface area contributed by atoms with Crippen LogP contribution in [0.25, 0.3) is 0 Å². The standard InChI is InChI=1S/C13H22N4O3S/c1-19-6-5-15-13-17-11(14)10(21-13)12(18)16-8-3-4-9(7-8)20-2/h8-9H,3-7,14H2,1-2H3,(H,15,17)(H,16,18). The van der Waals surface area contributed by atoms with Crippen LogP contribution in [-0.4, -0.2) is 50.4 Å². The Kier molecular flexibility index (Phi) is 5.77. The Labute approximate surface area is 128 Å². The van der Waals surface area contributed by atoms with Crippen molar-refractivity contribution in [3.05, 3.63) is 4.88 Å². The molecule has 21 heavy (non-hydrogen) atoms. The van der Waals surface area contributed by atoms with Gasteiger partial charge in [0.1, 0.15) is 10.7 Å². The van der Waals surface area contributed by atoms with E-state index in [1.54, 1.807) is 14.2 Å². The maximum Gasteiger partial charge on any atom is 0.265 e. The lowest BCUT2D eigenvalue weighted by atomic mass is 10.2. The Bertz CT molecular complexity index is 480. The van der Waals surface area contributed by atoms with Crippen molar-refractivity contribution in [2.75, 3.05) is 38.4 Å². The molecule has 1 heterocycles. The summed E-state index contributed by atoms with van der Waals surface area (Å²) in [5, 5.41) is 6.71. The van der Waals surface area contributed by atoms with Gasteiger partial charge in [-0.3, -0.25) is 4.79 Å². The van der Waals surface area contributed by atoms with Gasteiger partial charge < -0.3 is 25.8 Å². The molecule has 118 valence electrons. The number of thiazole rings is 1. The molecule has 1 fully saturated rings. The summed E-state index contributed by atoms with van der Waals surface area (Å²) in [6.45, 7) is 1.20. The first-order valence-electron chi connectivity index (χ1n) is 6.96. The lowest BCUT2D eigenvalue weighted by molar-refractivity contribution is 0.0919. The van der Waals surface area contributed by atoms with Crippen LogP contribution in [0.5, 0.6) is 0 Å². The number of carbonyl (C=O) groups is 1. The Morgan fingerprint density at radius 3 is 2.95 bits per heavy atom. The molecule has 1 aromatic heterocycles. The molecule has 0 radical (unpaired) electrons. The van der Waals surface area contributed by atoms with Gasteiger partial charge >= 0.3 is 0 Å². The van der Waals surface area contributed by atoms with E-state index in [2.05, 4.69) is 15.6 Å². The SMILES string of the molecule is COCCNc1nc(N)c(C(=O)NC2CCC(OC)C2)s1.